The number of nitrogens with one attached hydrogen (secondary N) is 1. The molecular weight excluding hydrogens is 337 g/mol. The van der Waals surface area contributed by atoms with Gasteiger partial charge in [-0.3, -0.25) is 14.7 Å². The average molecular weight is 353 g/mol. The van der Waals surface area contributed by atoms with Gasteiger partial charge in [-0.15, -0.1) is 0 Å². The fourth-order valence-corrected chi connectivity index (χ4v) is 3.80. The van der Waals surface area contributed by atoms with Crippen LogP contribution in [0.5, 0.6) is 5.75 Å². The molecule has 1 fully saturated rings. The van der Waals surface area contributed by atoms with Crippen molar-refractivity contribution < 1.29 is 22.7 Å². The number of hydrogen-bond donors (Lipinski definition) is 1. The molecule has 0 aliphatic carbocycles. The normalized spacial score (nSPS) is 20.5. The first-order chi connectivity index (χ1) is 11.4. The Bertz CT molecular complexity index is 814. The van der Waals surface area contributed by atoms with Gasteiger partial charge in [-0.05, 0) is 25.0 Å². The predicted octanol–water partition coefficient (Wildman–Crippen LogP) is 1.13. The van der Waals surface area contributed by atoms with E-state index in [1.165, 1.54) is 16.4 Å². The Morgan fingerprint density at radius 1 is 1.38 bits per heavy atom. The Hall–Kier alpha value is -2.26. The molecule has 2 aliphatic heterocycles. The first-order valence-electron chi connectivity index (χ1n) is 7.33. The molecule has 7 nitrogen and oxygen atoms in total. The van der Waals surface area contributed by atoms with E-state index >= 15 is 0 Å². The molecule has 1 aromatic carbocycles. The highest BCUT2D eigenvalue weighted by Crippen LogP contribution is 2.32. The fourth-order valence-electron chi connectivity index (χ4n) is 2.90. The highest BCUT2D eigenvalue weighted by molar-refractivity contribution is 7.92. The van der Waals surface area contributed by atoms with Crippen molar-refractivity contribution >= 4 is 21.8 Å². The van der Waals surface area contributed by atoms with Crippen LogP contribution in [0.25, 0.3) is 0 Å². The highest BCUT2D eigenvalue weighted by atomic mass is 32.2. The van der Waals surface area contributed by atoms with Crippen molar-refractivity contribution in [3.8, 4) is 5.75 Å². The summed E-state index contributed by atoms with van der Waals surface area (Å²) in [6, 6.07) is 6.13. The third-order valence-electron chi connectivity index (χ3n) is 4.30. The molecule has 0 aromatic heterocycles. The van der Waals surface area contributed by atoms with Gasteiger partial charge in [-0.1, -0.05) is 18.7 Å². The zero-order chi connectivity index (χ0) is 17.4. The van der Waals surface area contributed by atoms with Crippen molar-refractivity contribution in [1.82, 2.24) is 9.62 Å². The summed E-state index contributed by atoms with van der Waals surface area (Å²) in [6.07, 6.45) is 0.545. The Balaban J connectivity index is 1.83. The van der Waals surface area contributed by atoms with Crippen molar-refractivity contribution in [1.29, 1.82) is 0 Å². The number of piperidine rings is 1. The lowest BCUT2D eigenvalue weighted by Crippen LogP contribution is -2.50. The minimum Gasteiger partial charge on any atom is -0.308 e. The van der Waals surface area contributed by atoms with Crippen molar-refractivity contribution in [2.45, 2.75) is 18.4 Å². The van der Waals surface area contributed by atoms with E-state index < -0.39 is 15.6 Å². The summed E-state index contributed by atoms with van der Waals surface area (Å²) >= 11 is 0. The lowest BCUT2D eigenvalue weighted by atomic mass is 9.89. The Morgan fingerprint density at radius 3 is 2.71 bits per heavy atom. The molecule has 0 bridgehead atoms. The van der Waals surface area contributed by atoms with Crippen molar-refractivity contribution in [3.05, 3.63) is 41.8 Å². The first kappa shape index (κ1) is 16.6. The van der Waals surface area contributed by atoms with E-state index in [1.807, 2.05) is 0 Å². The van der Waals surface area contributed by atoms with Crippen molar-refractivity contribution in [3.63, 3.8) is 0 Å². The molecule has 3 rings (SSSR count). The number of carbonyl (C=O) groups is 1. The molecule has 0 saturated carbocycles. The molecule has 2 heterocycles. The molecular formula is C15H16FN3O4S. The number of sulfonamides is 1. The van der Waals surface area contributed by atoms with E-state index in [-0.39, 0.29) is 37.6 Å². The quantitative estimate of drug-likeness (QED) is 0.879. The molecule has 128 valence electrons. The number of amides is 1. The largest absolute Gasteiger partial charge is 0.308 e. The third kappa shape index (κ3) is 2.80. The van der Waals surface area contributed by atoms with Crippen molar-refractivity contribution in [2.75, 3.05) is 13.1 Å². The molecule has 9 heteroatoms. The number of halogens is 1. The Morgan fingerprint density at radius 2 is 2.08 bits per heavy atom. The Kier molecular flexibility index (Phi) is 4.14. The van der Waals surface area contributed by atoms with Crippen LogP contribution < -0.4 is 10.3 Å². The SMILES string of the molecule is C=CS(=O)(=O)N1CCC2(CC1)N=C(c1cccc(OF)c1)NC2=O. The summed E-state index contributed by atoms with van der Waals surface area (Å²) in [4.78, 5) is 20.6. The lowest BCUT2D eigenvalue weighted by Gasteiger charge is -2.33. The minimum atomic E-state index is -3.50. The van der Waals surface area contributed by atoms with Gasteiger partial charge in [0.1, 0.15) is 11.4 Å². The van der Waals surface area contributed by atoms with Gasteiger partial charge < -0.3 is 5.32 Å². The van der Waals surface area contributed by atoms with Crippen LogP contribution in [0.4, 0.5) is 4.53 Å². The number of hydrogen-bond acceptors (Lipinski definition) is 5. The van der Waals surface area contributed by atoms with Crippen LogP contribution in [-0.2, 0) is 14.8 Å². The standard InChI is InChI=1S/C15H16FN3O4S/c1-2-24(21,22)19-8-6-15(7-9-19)14(20)17-13(18-15)11-4-3-5-12(10-11)23-16/h2-5,10H,1,6-9H2,(H,17,18,20). The van der Waals surface area contributed by atoms with E-state index in [0.717, 1.165) is 5.41 Å². The number of benzene rings is 1. The first-order valence-corrected chi connectivity index (χ1v) is 8.83. The van der Waals surface area contributed by atoms with Crippen LogP contribution in [0, 0.1) is 0 Å². The summed E-state index contributed by atoms with van der Waals surface area (Å²) in [6.45, 7) is 3.67. The number of rotatable bonds is 4. The highest BCUT2D eigenvalue weighted by Gasteiger charge is 2.47. The van der Waals surface area contributed by atoms with Gasteiger partial charge >= 0.3 is 0 Å². The van der Waals surface area contributed by atoms with Crippen LogP contribution in [0.2, 0.25) is 0 Å². The third-order valence-corrected chi connectivity index (χ3v) is 5.80. The van der Waals surface area contributed by atoms with Crippen LogP contribution in [0.15, 0.2) is 41.2 Å². The summed E-state index contributed by atoms with van der Waals surface area (Å²) in [5.74, 6) is 0.0657. The molecule has 24 heavy (non-hydrogen) atoms. The van der Waals surface area contributed by atoms with Crippen LogP contribution in [-0.4, -0.2) is 43.1 Å². The van der Waals surface area contributed by atoms with E-state index in [4.69, 9.17) is 0 Å². The second-order valence-electron chi connectivity index (χ2n) is 5.66. The average Bonchev–Trinajstić information content (AvgIpc) is 2.92. The van der Waals surface area contributed by atoms with Crippen LogP contribution in [0.3, 0.4) is 0 Å². The minimum absolute atomic E-state index is 0.0114. The predicted molar refractivity (Wildman–Crippen MR) is 85.5 cm³/mol. The molecule has 1 saturated heterocycles. The zero-order valence-corrected chi connectivity index (χ0v) is 13.6. The smallest absolute Gasteiger partial charge is 0.253 e. The van der Waals surface area contributed by atoms with Gasteiger partial charge in [0.05, 0.1) is 0 Å². The van der Waals surface area contributed by atoms with Crippen molar-refractivity contribution in [2.24, 2.45) is 4.99 Å². The van der Waals surface area contributed by atoms with E-state index in [9.17, 15) is 17.7 Å². The molecule has 0 atom stereocenters. The summed E-state index contributed by atoms with van der Waals surface area (Å²) in [5.41, 5.74) is -0.466. The Labute approximate surface area is 138 Å². The van der Waals surface area contributed by atoms with Gasteiger partial charge in [0.2, 0.25) is 10.0 Å². The number of aliphatic imine (C=N–C) groups is 1. The number of amidine groups is 1. The van der Waals surface area contributed by atoms with E-state index in [2.05, 4.69) is 21.8 Å². The maximum absolute atomic E-state index is 12.4. The summed E-state index contributed by atoms with van der Waals surface area (Å²) in [7, 11) is -3.50. The molecule has 2 aliphatic rings. The maximum Gasteiger partial charge on any atom is 0.253 e. The van der Waals surface area contributed by atoms with Crippen LogP contribution in [0.1, 0.15) is 18.4 Å². The number of carbonyl (C=O) groups excluding carboxylic acids is 1. The fraction of sp³-hybridized carbons (Fsp3) is 0.333. The van der Waals surface area contributed by atoms with E-state index in [1.54, 1.807) is 12.1 Å². The lowest BCUT2D eigenvalue weighted by molar-refractivity contribution is -0.124. The zero-order valence-electron chi connectivity index (χ0n) is 12.7. The van der Waals surface area contributed by atoms with Gasteiger partial charge in [-0.2, -0.15) is 4.31 Å². The maximum atomic E-state index is 12.4. The molecule has 1 amide bonds. The molecule has 0 unspecified atom stereocenters. The summed E-state index contributed by atoms with van der Waals surface area (Å²) in [5, 5.41) is 3.59. The monoisotopic (exact) mass is 353 g/mol. The molecule has 1 spiro atoms. The van der Waals surface area contributed by atoms with E-state index in [0.29, 0.717) is 11.4 Å². The second kappa shape index (κ2) is 5.99. The van der Waals surface area contributed by atoms with Gasteiger partial charge in [0, 0.05) is 28.6 Å². The number of nitrogens with zero attached hydrogens (tertiary/aromatic N) is 2. The topological polar surface area (TPSA) is 88.1 Å². The van der Waals surface area contributed by atoms with Gasteiger partial charge in [0.15, 0.2) is 5.75 Å². The van der Waals surface area contributed by atoms with Gasteiger partial charge in [0.25, 0.3) is 5.91 Å². The molecule has 0 radical (unpaired) electrons. The second-order valence-corrected chi connectivity index (χ2v) is 7.54. The molecule has 1 aromatic rings. The van der Waals surface area contributed by atoms with Crippen LogP contribution >= 0.6 is 0 Å². The van der Waals surface area contributed by atoms with Gasteiger partial charge in [-0.25, -0.2) is 8.42 Å². The summed E-state index contributed by atoms with van der Waals surface area (Å²) < 4.78 is 37.2. The molecule has 1 N–H and O–H groups in total.